The van der Waals surface area contributed by atoms with E-state index in [1.165, 1.54) is 5.69 Å². The van der Waals surface area contributed by atoms with Crippen LogP contribution < -0.4 is 10.2 Å². The van der Waals surface area contributed by atoms with Crippen LogP contribution in [0.1, 0.15) is 10.5 Å². The van der Waals surface area contributed by atoms with Crippen molar-refractivity contribution in [3.05, 3.63) is 77.6 Å². The van der Waals surface area contributed by atoms with E-state index >= 15 is 0 Å². The smallest absolute Gasteiger partial charge is 0.272 e. The molecule has 4 rings (SSSR count). The van der Waals surface area contributed by atoms with Crippen molar-refractivity contribution in [2.45, 2.75) is 0 Å². The van der Waals surface area contributed by atoms with Crippen molar-refractivity contribution in [3.8, 4) is 0 Å². The first-order valence-corrected chi connectivity index (χ1v) is 9.52. The number of nitrogens with zero attached hydrogens (tertiary/aromatic N) is 4. The number of hydrogen-bond acceptors (Lipinski definition) is 5. The van der Waals surface area contributed by atoms with E-state index in [-0.39, 0.29) is 5.91 Å². The molecule has 3 aromatic rings. The van der Waals surface area contributed by atoms with Crippen molar-refractivity contribution in [2.24, 2.45) is 0 Å². The standard InChI is InChI=1S/C21H20ClN5O/c22-17-8-4-5-9-18(17)24-21-23-11-10-19(25-21)20(28)27-14-12-26(13-15-27)16-6-2-1-3-7-16/h1-11H,12-15H2,(H,23,24,25). The van der Waals surface area contributed by atoms with Crippen LogP contribution in [-0.4, -0.2) is 47.0 Å². The quantitative estimate of drug-likeness (QED) is 0.729. The summed E-state index contributed by atoms with van der Waals surface area (Å²) in [7, 11) is 0. The molecule has 0 bridgehead atoms. The van der Waals surface area contributed by atoms with Gasteiger partial charge in [0.05, 0.1) is 10.7 Å². The number of nitrogens with one attached hydrogen (secondary N) is 1. The highest BCUT2D eigenvalue weighted by Gasteiger charge is 2.23. The van der Waals surface area contributed by atoms with Crippen molar-refractivity contribution >= 4 is 34.8 Å². The fraction of sp³-hybridized carbons (Fsp3) is 0.190. The molecule has 0 aliphatic carbocycles. The summed E-state index contributed by atoms with van der Waals surface area (Å²) in [5, 5.41) is 3.64. The van der Waals surface area contributed by atoms with Gasteiger partial charge in [-0.1, -0.05) is 41.9 Å². The maximum atomic E-state index is 12.9. The topological polar surface area (TPSA) is 61.4 Å². The predicted molar refractivity (Wildman–Crippen MR) is 111 cm³/mol. The number of carbonyl (C=O) groups is 1. The van der Waals surface area contributed by atoms with E-state index < -0.39 is 0 Å². The lowest BCUT2D eigenvalue weighted by Crippen LogP contribution is -2.49. The summed E-state index contributed by atoms with van der Waals surface area (Å²) in [6.45, 7) is 2.91. The Labute approximate surface area is 168 Å². The Bertz CT molecular complexity index is 958. The SMILES string of the molecule is O=C(c1ccnc(Nc2ccccc2Cl)n1)N1CCN(c2ccccc2)CC1. The monoisotopic (exact) mass is 393 g/mol. The van der Waals surface area contributed by atoms with Crippen LogP contribution in [0.4, 0.5) is 17.3 Å². The summed E-state index contributed by atoms with van der Waals surface area (Å²) in [4.78, 5) is 25.6. The number of benzene rings is 2. The lowest BCUT2D eigenvalue weighted by molar-refractivity contribution is 0.0741. The molecule has 0 atom stereocenters. The maximum Gasteiger partial charge on any atom is 0.272 e. The van der Waals surface area contributed by atoms with Gasteiger partial charge in [0, 0.05) is 38.1 Å². The van der Waals surface area contributed by atoms with Crippen LogP contribution in [0.2, 0.25) is 5.02 Å². The molecule has 2 aromatic carbocycles. The summed E-state index contributed by atoms with van der Waals surface area (Å²) < 4.78 is 0. The zero-order valence-electron chi connectivity index (χ0n) is 15.3. The van der Waals surface area contributed by atoms with E-state index in [4.69, 9.17) is 11.6 Å². The van der Waals surface area contributed by atoms with Gasteiger partial charge in [0.15, 0.2) is 0 Å². The van der Waals surface area contributed by atoms with Gasteiger partial charge in [0.1, 0.15) is 5.69 Å². The molecule has 0 spiro atoms. The molecule has 2 heterocycles. The molecule has 1 saturated heterocycles. The number of hydrogen-bond donors (Lipinski definition) is 1. The summed E-state index contributed by atoms with van der Waals surface area (Å²) in [6.07, 6.45) is 1.58. The van der Waals surface area contributed by atoms with Crippen LogP contribution in [0.3, 0.4) is 0 Å². The average molecular weight is 394 g/mol. The Morgan fingerprint density at radius 3 is 2.39 bits per heavy atom. The van der Waals surface area contributed by atoms with Gasteiger partial charge < -0.3 is 15.1 Å². The molecular formula is C21H20ClN5O. The summed E-state index contributed by atoms with van der Waals surface area (Å²) >= 11 is 6.16. The highest BCUT2D eigenvalue weighted by molar-refractivity contribution is 6.33. The summed E-state index contributed by atoms with van der Waals surface area (Å²) in [5.41, 5.74) is 2.26. The van der Waals surface area contributed by atoms with Gasteiger partial charge in [-0.15, -0.1) is 0 Å². The minimum atomic E-state index is -0.0858. The third-order valence-corrected chi connectivity index (χ3v) is 5.01. The van der Waals surface area contributed by atoms with Gasteiger partial charge in [-0.25, -0.2) is 9.97 Å². The van der Waals surface area contributed by atoms with Crippen molar-refractivity contribution in [1.29, 1.82) is 0 Å². The molecule has 1 amide bonds. The summed E-state index contributed by atoms with van der Waals surface area (Å²) in [5.74, 6) is 0.263. The second kappa shape index (κ2) is 8.27. The third kappa shape index (κ3) is 4.07. The van der Waals surface area contributed by atoms with Crippen LogP contribution in [-0.2, 0) is 0 Å². The Morgan fingerprint density at radius 2 is 1.64 bits per heavy atom. The second-order valence-corrected chi connectivity index (χ2v) is 6.89. The van der Waals surface area contributed by atoms with Crippen molar-refractivity contribution in [3.63, 3.8) is 0 Å². The van der Waals surface area contributed by atoms with Gasteiger partial charge in [0.25, 0.3) is 5.91 Å². The molecular weight excluding hydrogens is 374 g/mol. The molecule has 1 aromatic heterocycles. The second-order valence-electron chi connectivity index (χ2n) is 6.49. The fourth-order valence-electron chi connectivity index (χ4n) is 3.19. The molecule has 1 fully saturated rings. The summed E-state index contributed by atoms with van der Waals surface area (Å²) in [6, 6.07) is 19.2. The van der Waals surface area contributed by atoms with Gasteiger partial charge in [-0.3, -0.25) is 4.79 Å². The number of amides is 1. The van der Waals surface area contributed by atoms with Crippen LogP contribution in [0.15, 0.2) is 66.9 Å². The molecule has 0 saturated carbocycles. The zero-order chi connectivity index (χ0) is 19.3. The predicted octanol–water partition coefficient (Wildman–Crippen LogP) is 3.84. The van der Waals surface area contributed by atoms with E-state index in [0.29, 0.717) is 35.4 Å². The first-order valence-electron chi connectivity index (χ1n) is 9.14. The van der Waals surface area contributed by atoms with E-state index in [0.717, 1.165) is 13.1 Å². The highest BCUT2D eigenvalue weighted by Crippen LogP contribution is 2.23. The first kappa shape index (κ1) is 18.3. The molecule has 1 aliphatic heterocycles. The molecule has 28 heavy (non-hydrogen) atoms. The lowest BCUT2D eigenvalue weighted by atomic mass is 10.2. The number of rotatable bonds is 4. The molecule has 6 nitrogen and oxygen atoms in total. The molecule has 7 heteroatoms. The fourth-order valence-corrected chi connectivity index (χ4v) is 3.37. The number of carbonyl (C=O) groups excluding carboxylic acids is 1. The van der Waals surface area contributed by atoms with Crippen LogP contribution in [0.25, 0.3) is 0 Å². The molecule has 1 aliphatic rings. The highest BCUT2D eigenvalue weighted by atomic mass is 35.5. The van der Waals surface area contributed by atoms with Gasteiger partial charge in [-0.05, 0) is 30.3 Å². The molecule has 142 valence electrons. The lowest BCUT2D eigenvalue weighted by Gasteiger charge is -2.36. The Balaban J connectivity index is 1.42. The van der Waals surface area contributed by atoms with Gasteiger partial charge in [0.2, 0.25) is 5.95 Å². The largest absolute Gasteiger partial charge is 0.368 e. The number of anilines is 3. The Morgan fingerprint density at radius 1 is 0.929 bits per heavy atom. The Hall–Kier alpha value is -3.12. The van der Waals surface area contributed by atoms with E-state index in [2.05, 4.69) is 32.3 Å². The third-order valence-electron chi connectivity index (χ3n) is 4.68. The average Bonchev–Trinajstić information content (AvgIpc) is 2.76. The van der Waals surface area contributed by atoms with Crippen LogP contribution >= 0.6 is 11.6 Å². The van der Waals surface area contributed by atoms with Crippen LogP contribution in [0, 0.1) is 0 Å². The number of para-hydroxylation sites is 2. The Kier molecular flexibility index (Phi) is 5.39. The van der Waals surface area contributed by atoms with Gasteiger partial charge in [-0.2, -0.15) is 0 Å². The van der Waals surface area contributed by atoms with Gasteiger partial charge >= 0.3 is 0 Å². The first-order chi connectivity index (χ1) is 13.7. The maximum absolute atomic E-state index is 12.9. The minimum absolute atomic E-state index is 0.0858. The molecule has 1 N–H and O–H groups in total. The molecule has 0 unspecified atom stereocenters. The van der Waals surface area contributed by atoms with E-state index in [9.17, 15) is 4.79 Å². The van der Waals surface area contributed by atoms with Crippen molar-refractivity contribution in [1.82, 2.24) is 14.9 Å². The van der Waals surface area contributed by atoms with Crippen molar-refractivity contribution < 1.29 is 4.79 Å². The number of aromatic nitrogens is 2. The van der Waals surface area contributed by atoms with Crippen molar-refractivity contribution in [2.75, 3.05) is 36.4 Å². The zero-order valence-corrected chi connectivity index (χ0v) is 16.0. The number of halogens is 1. The number of piperazine rings is 1. The van der Waals surface area contributed by atoms with Crippen LogP contribution in [0.5, 0.6) is 0 Å². The minimum Gasteiger partial charge on any atom is -0.368 e. The molecule has 0 radical (unpaired) electrons. The van der Waals surface area contributed by atoms with E-state index in [1.54, 1.807) is 18.3 Å². The van der Waals surface area contributed by atoms with E-state index in [1.807, 2.05) is 41.3 Å². The normalized spacial score (nSPS) is 14.0.